The van der Waals surface area contributed by atoms with Crippen LogP contribution in [0.5, 0.6) is 0 Å². The molecular formula is C44H75FN2. The maximum absolute atomic E-state index is 12.8. The zero-order valence-corrected chi connectivity index (χ0v) is 32.3. The summed E-state index contributed by atoms with van der Waals surface area (Å²) in [5.74, 6) is 0. The van der Waals surface area contributed by atoms with Crippen LogP contribution < -0.4 is 11.1 Å². The number of aryl methyl sites for hydroxylation is 1. The maximum atomic E-state index is 12.8. The van der Waals surface area contributed by atoms with Gasteiger partial charge in [-0.1, -0.05) is 174 Å². The number of halogens is 1. The zero-order chi connectivity index (χ0) is 36.5. The molecule has 0 saturated heterocycles. The van der Waals surface area contributed by atoms with Gasteiger partial charge >= 0.3 is 0 Å². The number of rotatable bonds is 14. The molecule has 47 heavy (non-hydrogen) atoms. The maximum Gasteiger partial charge on any atom is 0.109 e. The van der Waals surface area contributed by atoms with Crippen LogP contribution in [0, 0.1) is 5.41 Å². The molecule has 268 valence electrons. The Morgan fingerprint density at radius 2 is 1.19 bits per heavy atom. The molecule has 0 radical (unpaired) electrons. The second-order valence-electron chi connectivity index (χ2n) is 12.4. The third kappa shape index (κ3) is 23.3. The van der Waals surface area contributed by atoms with Crippen LogP contribution in [0.3, 0.4) is 0 Å². The van der Waals surface area contributed by atoms with Gasteiger partial charge in [0.25, 0.3) is 0 Å². The molecule has 0 amide bonds. The fraction of sp³-hybridized carbons (Fsp3) is 0.545. The first kappa shape index (κ1) is 48.6. The standard InChI is InChI=1S/C27H34FN.C7H17N.C4H10.C2H6.2C2H4/c1-2-3-4-5-6-7-8-11-21-18-19-25(26-13-10-9-12-24(21)26)22-14-16-23(17-15-22)27(29)20-28;1-5-8-6-7(2,3)4;1-3-4-2;3*1-2/h9-10,12-19,27H,2-8,11,20,29H2,1H3;8H,5-6H2,1-4H3;3-4H2,1-2H3;1-2H3;2*1-2H2. The fourth-order valence-corrected chi connectivity index (χ4v) is 4.60. The number of hydrogen-bond donors (Lipinski definition) is 2. The topological polar surface area (TPSA) is 38.0 Å². The molecule has 3 aromatic rings. The zero-order valence-electron chi connectivity index (χ0n) is 32.3. The number of alkyl halides is 1. The number of benzene rings is 3. The normalized spacial score (nSPS) is 10.6. The van der Waals surface area contributed by atoms with Crippen LogP contribution in [0.2, 0.25) is 0 Å². The SMILES string of the molecule is C=C.C=C.CC.CCCC.CCCCCCCCCc1ccc(-c2ccc(C(N)CF)cc2)c2ccccc12.CCNCC(C)(C)C. The first-order chi connectivity index (χ1) is 22.7. The Morgan fingerprint density at radius 3 is 1.64 bits per heavy atom. The first-order valence-electron chi connectivity index (χ1n) is 18.3. The average molecular weight is 651 g/mol. The minimum atomic E-state index is -0.537. The Labute approximate surface area is 292 Å². The van der Waals surface area contributed by atoms with Gasteiger partial charge in [0.15, 0.2) is 0 Å². The van der Waals surface area contributed by atoms with Crippen molar-refractivity contribution in [2.45, 2.75) is 133 Å². The van der Waals surface area contributed by atoms with Gasteiger partial charge in [-0.05, 0) is 64.4 Å². The second kappa shape index (κ2) is 33.2. The lowest BCUT2D eigenvalue weighted by atomic mass is 9.92. The predicted molar refractivity (Wildman–Crippen MR) is 216 cm³/mol. The number of unbranched alkanes of at least 4 members (excludes halogenated alkanes) is 7. The molecule has 2 nitrogen and oxygen atoms in total. The van der Waals surface area contributed by atoms with E-state index in [9.17, 15) is 4.39 Å². The van der Waals surface area contributed by atoms with E-state index in [1.54, 1.807) is 0 Å². The van der Waals surface area contributed by atoms with Gasteiger partial charge in [-0.25, -0.2) is 4.39 Å². The summed E-state index contributed by atoms with van der Waals surface area (Å²) in [6.45, 7) is 33.1. The summed E-state index contributed by atoms with van der Waals surface area (Å²) in [4.78, 5) is 0. The predicted octanol–water partition coefficient (Wildman–Crippen LogP) is 13.8. The molecule has 0 aliphatic heterocycles. The van der Waals surface area contributed by atoms with Crippen molar-refractivity contribution in [1.29, 1.82) is 0 Å². The molecule has 3 heteroatoms. The van der Waals surface area contributed by atoms with Crippen LogP contribution >= 0.6 is 0 Å². The van der Waals surface area contributed by atoms with E-state index in [2.05, 4.69) is 129 Å². The minimum absolute atomic E-state index is 0.440. The van der Waals surface area contributed by atoms with E-state index in [0.717, 1.165) is 30.6 Å². The van der Waals surface area contributed by atoms with Crippen molar-refractivity contribution < 1.29 is 4.39 Å². The second-order valence-corrected chi connectivity index (χ2v) is 12.4. The summed E-state index contributed by atoms with van der Waals surface area (Å²) >= 11 is 0. The Morgan fingerprint density at radius 1 is 0.681 bits per heavy atom. The monoisotopic (exact) mass is 651 g/mol. The van der Waals surface area contributed by atoms with Crippen molar-refractivity contribution >= 4 is 10.8 Å². The summed E-state index contributed by atoms with van der Waals surface area (Å²) in [5.41, 5.74) is 10.9. The molecule has 0 aliphatic rings. The molecule has 3 N–H and O–H groups in total. The first-order valence-corrected chi connectivity index (χ1v) is 18.3. The largest absolute Gasteiger partial charge is 0.322 e. The number of hydrogen-bond acceptors (Lipinski definition) is 2. The number of nitrogens with two attached hydrogens (primary N) is 1. The Hall–Kier alpha value is -2.75. The summed E-state index contributed by atoms with van der Waals surface area (Å²) in [5, 5.41) is 5.92. The highest BCUT2D eigenvalue weighted by Gasteiger charge is 2.10. The third-order valence-electron chi connectivity index (χ3n) is 7.29. The molecule has 0 saturated carbocycles. The van der Waals surface area contributed by atoms with Crippen LogP contribution in [0.15, 0.2) is 87.0 Å². The van der Waals surface area contributed by atoms with Crippen LogP contribution in [0.25, 0.3) is 21.9 Å². The molecule has 3 aromatic carbocycles. The van der Waals surface area contributed by atoms with Crippen LogP contribution in [0.1, 0.15) is 137 Å². The van der Waals surface area contributed by atoms with E-state index < -0.39 is 12.7 Å². The van der Waals surface area contributed by atoms with Gasteiger partial charge in [-0.15, -0.1) is 26.3 Å². The smallest absolute Gasteiger partial charge is 0.109 e. The van der Waals surface area contributed by atoms with Crippen molar-refractivity contribution in [1.82, 2.24) is 5.32 Å². The molecule has 1 unspecified atom stereocenters. The summed E-state index contributed by atoms with van der Waals surface area (Å²) < 4.78 is 12.8. The van der Waals surface area contributed by atoms with E-state index in [4.69, 9.17) is 5.73 Å². The van der Waals surface area contributed by atoms with Gasteiger partial charge in [0.2, 0.25) is 0 Å². The van der Waals surface area contributed by atoms with Crippen LogP contribution in [-0.2, 0) is 6.42 Å². The summed E-state index contributed by atoms with van der Waals surface area (Å²) in [6.07, 6.45) is 13.1. The lowest BCUT2D eigenvalue weighted by Gasteiger charge is -2.17. The average Bonchev–Trinajstić information content (AvgIpc) is 3.12. The van der Waals surface area contributed by atoms with Gasteiger partial charge in [0.1, 0.15) is 6.67 Å². The summed E-state index contributed by atoms with van der Waals surface area (Å²) in [7, 11) is 0. The van der Waals surface area contributed by atoms with Gasteiger partial charge in [0.05, 0.1) is 6.04 Å². The highest BCUT2D eigenvalue weighted by atomic mass is 19.1. The molecule has 0 heterocycles. The van der Waals surface area contributed by atoms with E-state index in [0.29, 0.717) is 5.41 Å². The summed E-state index contributed by atoms with van der Waals surface area (Å²) in [6, 6.07) is 20.7. The van der Waals surface area contributed by atoms with Crippen LogP contribution in [-0.4, -0.2) is 19.8 Å². The fourth-order valence-electron chi connectivity index (χ4n) is 4.60. The van der Waals surface area contributed by atoms with Gasteiger partial charge in [-0.3, -0.25) is 0 Å². The molecule has 0 aliphatic carbocycles. The Kier molecular flexibility index (Phi) is 34.3. The Balaban J connectivity index is -0.000000897. The number of nitrogens with one attached hydrogen (secondary N) is 1. The molecule has 3 rings (SSSR count). The van der Waals surface area contributed by atoms with Gasteiger partial charge < -0.3 is 11.1 Å². The van der Waals surface area contributed by atoms with Gasteiger partial charge in [0, 0.05) is 0 Å². The van der Waals surface area contributed by atoms with Crippen LogP contribution in [0.4, 0.5) is 4.39 Å². The van der Waals surface area contributed by atoms with E-state index in [1.807, 2.05) is 26.0 Å². The number of fused-ring (bicyclic) bond motifs is 1. The highest BCUT2D eigenvalue weighted by molar-refractivity contribution is 5.98. The quantitative estimate of drug-likeness (QED) is 0.135. The lowest BCUT2D eigenvalue weighted by molar-refractivity contribution is 0.385. The van der Waals surface area contributed by atoms with E-state index in [-0.39, 0.29) is 0 Å². The molecule has 0 spiro atoms. The van der Waals surface area contributed by atoms with Crippen molar-refractivity contribution in [2.75, 3.05) is 19.8 Å². The van der Waals surface area contributed by atoms with Gasteiger partial charge in [-0.2, -0.15) is 0 Å². The third-order valence-corrected chi connectivity index (χ3v) is 7.29. The molecule has 0 aromatic heterocycles. The Bertz CT molecular complexity index is 1080. The minimum Gasteiger partial charge on any atom is -0.322 e. The van der Waals surface area contributed by atoms with Crippen molar-refractivity contribution in [3.05, 3.63) is 98.1 Å². The van der Waals surface area contributed by atoms with E-state index >= 15 is 0 Å². The molecule has 0 fully saturated rings. The highest BCUT2D eigenvalue weighted by Crippen LogP contribution is 2.32. The molecule has 0 bridgehead atoms. The van der Waals surface area contributed by atoms with E-state index in [1.165, 1.54) is 79.7 Å². The molecular weight excluding hydrogens is 575 g/mol. The molecule has 1 atom stereocenters. The van der Waals surface area contributed by atoms with Crippen molar-refractivity contribution in [3.8, 4) is 11.1 Å². The van der Waals surface area contributed by atoms with Crippen molar-refractivity contribution in [3.63, 3.8) is 0 Å². The lowest BCUT2D eigenvalue weighted by Crippen LogP contribution is -2.26. The van der Waals surface area contributed by atoms with Crippen molar-refractivity contribution in [2.24, 2.45) is 11.1 Å².